The van der Waals surface area contributed by atoms with Gasteiger partial charge in [-0.15, -0.1) is 0 Å². The number of hydrogen-bond acceptors (Lipinski definition) is 2. The van der Waals surface area contributed by atoms with Crippen LogP contribution >= 0.6 is 0 Å². The summed E-state index contributed by atoms with van der Waals surface area (Å²) in [4.78, 5) is 10.7. The third-order valence-corrected chi connectivity index (χ3v) is 3.68. The second-order valence-electron chi connectivity index (χ2n) is 5.62. The number of fused-ring (bicyclic) bond motifs is 1. The maximum Gasteiger partial charge on any atom is 0.150 e. The highest BCUT2D eigenvalue weighted by atomic mass is 16.5. The standard InChI is InChI=1S/C17H16O2/c1-17(2)11-19-16-8-7-14(9-15(16)17)13-5-3-12(10-18)4-6-13/h3-10H,11H2,1-2H3. The summed E-state index contributed by atoms with van der Waals surface area (Å²) >= 11 is 0. The van der Waals surface area contributed by atoms with Gasteiger partial charge in [-0.1, -0.05) is 44.2 Å². The van der Waals surface area contributed by atoms with E-state index in [0.29, 0.717) is 5.56 Å². The van der Waals surface area contributed by atoms with Crippen LogP contribution in [0.25, 0.3) is 11.1 Å². The van der Waals surface area contributed by atoms with E-state index in [1.165, 1.54) is 5.56 Å². The van der Waals surface area contributed by atoms with E-state index in [4.69, 9.17) is 4.74 Å². The molecule has 1 aliphatic heterocycles. The van der Waals surface area contributed by atoms with Gasteiger partial charge in [0.1, 0.15) is 12.0 Å². The Morgan fingerprint density at radius 3 is 2.42 bits per heavy atom. The quantitative estimate of drug-likeness (QED) is 0.759. The number of benzene rings is 2. The summed E-state index contributed by atoms with van der Waals surface area (Å²) in [7, 11) is 0. The van der Waals surface area contributed by atoms with Crippen LogP contribution in [0.15, 0.2) is 42.5 Å². The molecular formula is C17H16O2. The second-order valence-corrected chi connectivity index (χ2v) is 5.62. The van der Waals surface area contributed by atoms with Gasteiger partial charge in [0, 0.05) is 16.5 Å². The first-order chi connectivity index (χ1) is 9.10. The van der Waals surface area contributed by atoms with Crippen LogP contribution in [0.4, 0.5) is 0 Å². The lowest BCUT2D eigenvalue weighted by atomic mass is 9.85. The van der Waals surface area contributed by atoms with Gasteiger partial charge in [-0.2, -0.15) is 0 Å². The molecular weight excluding hydrogens is 236 g/mol. The van der Waals surface area contributed by atoms with Crippen molar-refractivity contribution >= 4 is 6.29 Å². The summed E-state index contributed by atoms with van der Waals surface area (Å²) in [5.41, 5.74) is 4.30. The molecule has 0 saturated heterocycles. The summed E-state index contributed by atoms with van der Waals surface area (Å²) in [6.45, 7) is 5.12. The van der Waals surface area contributed by atoms with Gasteiger partial charge in [-0.05, 0) is 23.3 Å². The Kier molecular flexibility index (Phi) is 2.67. The summed E-state index contributed by atoms with van der Waals surface area (Å²) in [6.07, 6.45) is 0.865. The van der Waals surface area contributed by atoms with Crippen molar-refractivity contribution < 1.29 is 9.53 Å². The Morgan fingerprint density at radius 1 is 1.05 bits per heavy atom. The summed E-state index contributed by atoms with van der Waals surface area (Å²) < 4.78 is 5.69. The highest BCUT2D eigenvalue weighted by Crippen LogP contribution is 2.40. The largest absolute Gasteiger partial charge is 0.492 e. The Bertz CT molecular complexity index is 624. The van der Waals surface area contributed by atoms with Crippen LogP contribution < -0.4 is 4.74 Å². The minimum Gasteiger partial charge on any atom is -0.492 e. The summed E-state index contributed by atoms with van der Waals surface area (Å²) in [6, 6.07) is 13.9. The van der Waals surface area contributed by atoms with Crippen LogP contribution in [0.1, 0.15) is 29.8 Å². The van der Waals surface area contributed by atoms with E-state index >= 15 is 0 Å². The topological polar surface area (TPSA) is 26.3 Å². The maximum absolute atomic E-state index is 10.7. The molecule has 1 heterocycles. The number of aldehydes is 1. The number of hydrogen-bond donors (Lipinski definition) is 0. The van der Waals surface area contributed by atoms with Gasteiger partial charge in [-0.25, -0.2) is 0 Å². The van der Waals surface area contributed by atoms with E-state index < -0.39 is 0 Å². The van der Waals surface area contributed by atoms with Crippen LogP contribution in [0.5, 0.6) is 5.75 Å². The average molecular weight is 252 g/mol. The van der Waals surface area contributed by atoms with Crippen molar-refractivity contribution in [1.82, 2.24) is 0 Å². The van der Waals surface area contributed by atoms with Gasteiger partial charge in [0.2, 0.25) is 0 Å². The molecule has 96 valence electrons. The van der Waals surface area contributed by atoms with E-state index in [0.717, 1.165) is 29.8 Å². The lowest BCUT2D eigenvalue weighted by molar-refractivity contribution is 0.112. The molecule has 0 amide bonds. The first kappa shape index (κ1) is 12.0. The molecule has 0 saturated carbocycles. The second kappa shape index (κ2) is 4.23. The normalized spacial score (nSPS) is 15.7. The smallest absolute Gasteiger partial charge is 0.150 e. The molecule has 0 aliphatic carbocycles. The minimum atomic E-state index is 0.0636. The van der Waals surface area contributed by atoms with Crippen molar-refractivity contribution in [3.8, 4) is 16.9 Å². The highest BCUT2D eigenvalue weighted by molar-refractivity contribution is 5.77. The molecule has 0 atom stereocenters. The molecule has 0 unspecified atom stereocenters. The monoisotopic (exact) mass is 252 g/mol. The van der Waals surface area contributed by atoms with Crippen LogP contribution in [-0.2, 0) is 5.41 Å². The van der Waals surface area contributed by atoms with Crippen molar-refractivity contribution in [3.63, 3.8) is 0 Å². The molecule has 0 aromatic heterocycles. The Hall–Kier alpha value is -2.09. The zero-order valence-electron chi connectivity index (χ0n) is 11.1. The van der Waals surface area contributed by atoms with Crippen molar-refractivity contribution in [1.29, 1.82) is 0 Å². The lowest BCUT2D eigenvalue weighted by Crippen LogP contribution is -2.18. The van der Waals surface area contributed by atoms with Crippen molar-refractivity contribution in [3.05, 3.63) is 53.6 Å². The van der Waals surface area contributed by atoms with Crippen molar-refractivity contribution in [2.24, 2.45) is 0 Å². The van der Waals surface area contributed by atoms with Crippen LogP contribution in [0.3, 0.4) is 0 Å². The van der Waals surface area contributed by atoms with Crippen LogP contribution in [-0.4, -0.2) is 12.9 Å². The van der Waals surface area contributed by atoms with Gasteiger partial charge in [0.15, 0.2) is 0 Å². The van der Waals surface area contributed by atoms with E-state index in [1.54, 1.807) is 0 Å². The molecule has 2 aromatic carbocycles. The Balaban J connectivity index is 2.04. The van der Waals surface area contributed by atoms with Crippen LogP contribution in [0.2, 0.25) is 0 Å². The lowest BCUT2D eigenvalue weighted by Gasteiger charge is -2.16. The van der Waals surface area contributed by atoms with E-state index in [1.807, 2.05) is 30.3 Å². The number of carbonyl (C=O) groups excluding carboxylic acids is 1. The number of ether oxygens (including phenoxy) is 1. The van der Waals surface area contributed by atoms with Crippen molar-refractivity contribution in [2.75, 3.05) is 6.61 Å². The number of carbonyl (C=O) groups is 1. The van der Waals surface area contributed by atoms with Crippen LogP contribution in [0, 0.1) is 0 Å². The average Bonchev–Trinajstić information content (AvgIpc) is 2.74. The molecule has 0 bridgehead atoms. The minimum absolute atomic E-state index is 0.0636. The molecule has 19 heavy (non-hydrogen) atoms. The van der Waals surface area contributed by atoms with E-state index in [9.17, 15) is 4.79 Å². The third-order valence-electron chi connectivity index (χ3n) is 3.68. The van der Waals surface area contributed by atoms with Gasteiger partial charge < -0.3 is 4.74 Å². The molecule has 0 N–H and O–H groups in total. The molecule has 0 spiro atoms. The Morgan fingerprint density at radius 2 is 1.74 bits per heavy atom. The van der Waals surface area contributed by atoms with Gasteiger partial charge >= 0.3 is 0 Å². The van der Waals surface area contributed by atoms with E-state index in [-0.39, 0.29) is 5.41 Å². The number of rotatable bonds is 2. The molecule has 0 fully saturated rings. The highest BCUT2D eigenvalue weighted by Gasteiger charge is 2.31. The maximum atomic E-state index is 10.7. The molecule has 0 radical (unpaired) electrons. The Labute approximate surface area is 113 Å². The fourth-order valence-corrected chi connectivity index (χ4v) is 2.45. The molecule has 2 aromatic rings. The SMILES string of the molecule is CC1(C)COc2ccc(-c3ccc(C=O)cc3)cc21. The van der Waals surface area contributed by atoms with Gasteiger partial charge in [-0.3, -0.25) is 4.79 Å². The zero-order valence-corrected chi connectivity index (χ0v) is 11.1. The van der Waals surface area contributed by atoms with Gasteiger partial charge in [0.25, 0.3) is 0 Å². The molecule has 2 nitrogen and oxygen atoms in total. The molecule has 2 heteroatoms. The predicted molar refractivity (Wildman–Crippen MR) is 75.8 cm³/mol. The fraction of sp³-hybridized carbons (Fsp3) is 0.235. The van der Waals surface area contributed by atoms with Crippen molar-refractivity contribution in [2.45, 2.75) is 19.3 Å². The zero-order chi connectivity index (χ0) is 13.5. The van der Waals surface area contributed by atoms with Gasteiger partial charge in [0.05, 0.1) is 6.61 Å². The molecule has 1 aliphatic rings. The first-order valence-corrected chi connectivity index (χ1v) is 6.43. The third kappa shape index (κ3) is 2.03. The fourth-order valence-electron chi connectivity index (χ4n) is 2.45. The summed E-state index contributed by atoms with van der Waals surface area (Å²) in [5, 5.41) is 0. The first-order valence-electron chi connectivity index (χ1n) is 6.43. The van der Waals surface area contributed by atoms with E-state index in [2.05, 4.69) is 26.0 Å². The predicted octanol–water partition coefficient (Wildman–Crippen LogP) is 3.84. The molecule has 3 rings (SSSR count). The summed E-state index contributed by atoms with van der Waals surface area (Å²) in [5.74, 6) is 0.985.